The molecule has 4 saturated carbocycles. The maximum absolute atomic E-state index is 2.85. The van der Waals surface area contributed by atoms with Crippen molar-refractivity contribution in [2.75, 3.05) is 4.90 Å². The van der Waals surface area contributed by atoms with Crippen LogP contribution in [0, 0.1) is 23.7 Å². The molecule has 0 N–H and O–H groups in total. The van der Waals surface area contributed by atoms with Crippen LogP contribution in [0.2, 0.25) is 0 Å². The zero-order valence-electron chi connectivity index (χ0n) is 42.2. The Labute approximate surface area is 437 Å². The van der Waals surface area contributed by atoms with Crippen molar-refractivity contribution in [1.82, 2.24) is 0 Å². The number of fused-ring (bicyclic) bond motifs is 10. The molecular formula is C73H61N. The Kier molecular flexibility index (Phi) is 9.06. The van der Waals surface area contributed by atoms with Crippen LogP contribution in [-0.4, -0.2) is 0 Å². The molecule has 0 aromatic heterocycles. The third-order valence-electron chi connectivity index (χ3n) is 20.5. The maximum Gasteiger partial charge on any atom is 0.0725 e. The summed E-state index contributed by atoms with van der Waals surface area (Å²) < 4.78 is 0. The summed E-state index contributed by atoms with van der Waals surface area (Å²) in [6.07, 6.45) is 14.1. The maximum atomic E-state index is 2.85. The van der Waals surface area contributed by atoms with Crippen molar-refractivity contribution >= 4 is 17.1 Å². The predicted octanol–water partition coefficient (Wildman–Crippen LogP) is 19.3. The SMILES string of the molecule is c1ccc(-c2ccc(N(c3ccc(-c4ccc5c(c4)C4(c6ccccc6-5)c5cc6c(cc5-c5cc7c(cc54)C4CC5CC(CC7C5)C4)C4CC5CC(C4)CC6C5)cc3)c3ccccc3-c3ccccc3)cc2)cc1. The molecular weight excluding hydrogens is 891 g/mol. The molecule has 4 unspecified atom stereocenters. The molecule has 10 aliphatic carbocycles. The van der Waals surface area contributed by atoms with Crippen LogP contribution in [0.3, 0.4) is 0 Å². The summed E-state index contributed by atoms with van der Waals surface area (Å²) in [4.78, 5) is 2.45. The van der Waals surface area contributed by atoms with Crippen LogP contribution in [0.1, 0.15) is 132 Å². The van der Waals surface area contributed by atoms with Gasteiger partial charge in [0.2, 0.25) is 0 Å². The molecule has 0 heterocycles. The molecule has 1 spiro atoms. The van der Waals surface area contributed by atoms with Gasteiger partial charge in [0.05, 0.1) is 11.1 Å². The lowest BCUT2D eigenvalue weighted by molar-refractivity contribution is 0.165. The van der Waals surface area contributed by atoms with Gasteiger partial charge in [-0.15, -0.1) is 0 Å². The molecule has 9 aromatic carbocycles. The van der Waals surface area contributed by atoms with Gasteiger partial charge in [-0.1, -0.05) is 164 Å². The topological polar surface area (TPSA) is 3.24 Å². The second-order valence-electron chi connectivity index (χ2n) is 24.4. The first-order chi connectivity index (χ1) is 36.6. The number of hydrogen-bond acceptors (Lipinski definition) is 1. The first kappa shape index (κ1) is 42.2. The van der Waals surface area contributed by atoms with Crippen LogP contribution in [0.25, 0.3) is 55.6 Å². The predicted molar refractivity (Wildman–Crippen MR) is 305 cm³/mol. The standard InChI is InChI=1S/C73H61N/c1-3-11-48(12-4-1)49-19-24-57(25-20-49)74(72-18-10-8-15-59(72)51-13-5-2-6-14-51)58-26-21-50(22-27-58)52-23-28-61-60-16-7-9-17-68(60)73(69(61)39-52)70-42-64-55-35-44-29-45(36-55)32-53(31-44)62(64)40-66(70)67-41-63-54-33-46-30-47(34-54)38-56(37-46)65(63)43-71(67)73/h1-28,39-47,53-56H,29-38H2. The van der Waals surface area contributed by atoms with Gasteiger partial charge in [0, 0.05) is 16.9 Å². The van der Waals surface area contributed by atoms with Crippen LogP contribution in [0.5, 0.6) is 0 Å². The lowest BCUT2D eigenvalue weighted by Crippen LogP contribution is -2.27. The van der Waals surface area contributed by atoms with Gasteiger partial charge in [0.25, 0.3) is 0 Å². The van der Waals surface area contributed by atoms with E-state index in [0.29, 0.717) is 23.7 Å². The Hall–Kier alpha value is -7.22. The fourth-order valence-electron chi connectivity index (χ4n) is 17.8. The van der Waals surface area contributed by atoms with E-state index < -0.39 is 0 Å². The first-order valence-electron chi connectivity index (χ1n) is 28.4. The first-order valence-corrected chi connectivity index (χ1v) is 28.4. The molecule has 74 heavy (non-hydrogen) atoms. The Balaban J connectivity index is 0.839. The van der Waals surface area contributed by atoms with Gasteiger partial charge in [-0.05, 0) is 243 Å². The summed E-state index contributed by atoms with van der Waals surface area (Å²) in [5.41, 5.74) is 29.4. The van der Waals surface area contributed by atoms with Crippen LogP contribution in [-0.2, 0) is 5.41 Å². The van der Waals surface area contributed by atoms with E-state index in [9.17, 15) is 0 Å². The lowest BCUT2D eigenvalue weighted by Gasteiger charge is -2.38. The van der Waals surface area contributed by atoms with Crippen molar-refractivity contribution in [2.24, 2.45) is 23.7 Å². The molecule has 4 atom stereocenters. The van der Waals surface area contributed by atoms with Gasteiger partial charge in [-0.3, -0.25) is 0 Å². The molecule has 1 heteroatoms. The zero-order valence-corrected chi connectivity index (χ0v) is 42.2. The highest BCUT2D eigenvalue weighted by Crippen LogP contribution is 2.67. The highest BCUT2D eigenvalue weighted by molar-refractivity contribution is 5.97. The smallest absolute Gasteiger partial charge is 0.0725 e. The largest absolute Gasteiger partial charge is 0.310 e. The Morgan fingerprint density at radius 1 is 0.270 bits per heavy atom. The second kappa shape index (κ2) is 15.9. The highest BCUT2D eigenvalue weighted by Gasteiger charge is 2.55. The molecule has 9 aromatic rings. The quantitative estimate of drug-likeness (QED) is 0.161. The lowest BCUT2D eigenvalue weighted by atomic mass is 9.66. The van der Waals surface area contributed by atoms with E-state index in [0.717, 1.165) is 40.7 Å². The number of nitrogens with zero attached hydrogens (tertiary/aromatic N) is 1. The molecule has 8 bridgehead atoms. The summed E-state index contributed by atoms with van der Waals surface area (Å²) in [6.45, 7) is 0. The summed E-state index contributed by atoms with van der Waals surface area (Å²) in [5, 5.41) is 0. The van der Waals surface area contributed by atoms with Gasteiger partial charge in [0.1, 0.15) is 0 Å². The number of hydrogen-bond donors (Lipinski definition) is 0. The Morgan fingerprint density at radius 3 is 1.20 bits per heavy atom. The van der Waals surface area contributed by atoms with E-state index >= 15 is 0 Å². The minimum atomic E-state index is -0.368. The van der Waals surface area contributed by atoms with Gasteiger partial charge >= 0.3 is 0 Å². The summed E-state index contributed by atoms with van der Waals surface area (Å²) in [6, 6.07) is 77.6. The van der Waals surface area contributed by atoms with Crippen molar-refractivity contribution in [3.63, 3.8) is 0 Å². The van der Waals surface area contributed by atoms with Crippen LogP contribution < -0.4 is 4.90 Å². The summed E-state index contributed by atoms with van der Waals surface area (Å²) >= 11 is 0. The van der Waals surface area contributed by atoms with Crippen LogP contribution >= 0.6 is 0 Å². The fourth-order valence-corrected chi connectivity index (χ4v) is 17.8. The van der Waals surface area contributed by atoms with Crippen molar-refractivity contribution in [1.29, 1.82) is 0 Å². The number of para-hydroxylation sites is 1. The number of anilines is 3. The molecule has 4 fully saturated rings. The van der Waals surface area contributed by atoms with E-state index in [2.05, 4.69) is 205 Å². The van der Waals surface area contributed by atoms with E-state index in [4.69, 9.17) is 0 Å². The Morgan fingerprint density at radius 2 is 0.662 bits per heavy atom. The third-order valence-corrected chi connectivity index (χ3v) is 20.5. The van der Waals surface area contributed by atoms with E-state index in [1.165, 1.54) is 120 Å². The van der Waals surface area contributed by atoms with E-state index in [1.54, 1.807) is 44.5 Å². The third kappa shape index (κ3) is 6.10. The molecule has 10 aliphatic rings. The van der Waals surface area contributed by atoms with Crippen molar-refractivity contribution < 1.29 is 0 Å². The molecule has 1 nitrogen and oxygen atoms in total. The molecule has 358 valence electrons. The highest BCUT2D eigenvalue weighted by atomic mass is 15.1. The van der Waals surface area contributed by atoms with Crippen molar-refractivity contribution in [3.8, 4) is 55.6 Å². The van der Waals surface area contributed by atoms with E-state index in [-0.39, 0.29) is 5.41 Å². The molecule has 0 aliphatic heterocycles. The normalized spacial score (nSPS) is 26.4. The monoisotopic (exact) mass is 951 g/mol. The Bertz CT molecular complexity index is 3610. The second-order valence-corrected chi connectivity index (χ2v) is 24.4. The fraction of sp³-hybridized carbons (Fsp3) is 0.260. The van der Waals surface area contributed by atoms with Gasteiger partial charge in [-0.25, -0.2) is 0 Å². The van der Waals surface area contributed by atoms with Crippen LogP contribution in [0.4, 0.5) is 17.1 Å². The molecule has 0 amide bonds. The average Bonchev–Trinajstić information content (AvgIpc) is 3.91. The number of benzene rings is 9. The molecule has 0 radical (unpaired) electrons. The molecule has 0 saturated heterocycles. The zero-order chi connectivity index (χ0) is 48.2. The summed E-state index contributed by atoms with van der Waals surface area (Å²) in [7, 11) is 0. The van der Waals surface area contributed by atoms with Crippen molar-refractivity contribution in [3.05, 3.63) is 245 Å². The van der Waals surface area contributed by atoms with E-state index in [1.807, 2.05) is 0 Å². The minimum Gasteiger partial charge on any atom is -0.310 e. The minimum absolute atomic E-state index is 0.368. The van der Waals surface area contributed by atoms with Crippen LogP contribution in [0.15, 0.2) is 200 Å². The van der Waals surface area contributed by atoms with Crippen molar-refractivity contribution in [2.45, 2.75) is 93.3 Å². The number of rotatable bonds is 6. The van der Waals surface area contributed by atoms with Gasteiger partial charge in [-0.2, -0.15) is 0 Å². The van der Waals surface area contributed by atoms with Gasteiger partial charge < -0.3 is 4.90 Å². The average molecular weight is 952 g/mol. The summed E-state index contributed by atoms with van der Waals surface area (Å²) in [5.74, 6) is 6.41. The molecule has 19 rings (SSSR count). The van der Waals surface area contributed by atoms with Gasteiger partial charge in [0.15, 0.2) is 0 Å².